The monoisotopic (exact) mass is 578 g/mol. The van der Waals surface area contributed by atoms with E-state index < -0.39 is 4.92 Å². The molecular weight excluding hydrogens is 548 g/mol. The van der Waals surface area contributed by atoms with Gasteiger partial charge in [-0.05, 0) is 73.4 Å². The first-order valence-electron chi connectivity index (χ1n) is 13.5. The van der Waals surface area contributed by atoms with Gasteiger partial charge in [-0.1, -0.05) is 65.4 Å². The molecular formula is C33H30N4O4S. The predicted molar refractivity (Wildman–Crippen MR) is 169 cm³/mol. The first kappa shape index (κ1) is 28.5. The summed E-state index contributed by atoms with van der Waals surface area (Å²) < 4.78 is 11.8. The van der Waals surface area contributed by atoms with Crippen LogP contribution < -0.4 is 14.9 Å². The van der Waals surface area contributed by atoms with Gasteiger partial charge in [0.1, 0.15) is 6.61 Å². The van der Waals surface area contributed by atoms with Crippen LogP contribution in [0.25, 0.3) is 21.7 Å². The van der Waals surface area contributed by atoms with Crippen molar-refractivity contribution in [1.82, 2.24) is 4.98 Å². The van der Waals surface area contributed by atoms with Crippen LogP contribution in [0.4, 0.5) is 10.8 Å². The molecule has 212 valence electrons. The largest absolute Gasteiger partial charge is 0.490 e. The lowest BCUT2D eigenvalue weighted by Gasteiger charge is -2.12. The number of hydrogen-bond acceptors (Lipinski definition) is 8. The Kier molecular flexibility index (Phi) is 8.89. The maximum absolute atomic E-state index is 11.2. The van der Waals surface area contributed by atoms with E-state index in [1.807, 2.05) is 55.5 Å². The number of rotatable bonds is 11. The number of nitrogens with zero attached hydrogens (tertiary/aromatic N) is 3. The second kappa shape index (κ2) is 13.1. The molecule has 42 heavy (non-hydrogen) atoms. The van der Waals surface area contributed by atoms with Crippen LogP contribution in [0.15, 0.2) is 96.1 Å². The van der Waals surface area contributed by atoms with Crippen LogP contribution in [0, 0.1) is 24.0 Å². The molecule has 4 aromatic carbocycles. The summed E-state index contributed by atoms with van der Waals surface area (Å²) in [6.45, 7) is 6.99. The number of ether oxygens (including phenoxy) is 2. The third-order valence-corrected chi connectivity index (χ3v) is 7.49. The average Bonchev–Trinajstić information content (AvgIpc) is 3.41. The fraction of sp³-hybridized carbons (Fsp3) is 0.152. The number of aromatic nitrogens is 1. The normalized spacial score (nSPS) is 11.0. The molecule has 0 bridgehead atoms. The number of hydrazone groups is 1. The van der Waals surface area contributed by atoms with Gasteiger partial charge < -0.3 is 9.47 Å². The number of anilines is 1. The molecule has 0 spiro atoms. The Bertz CT molecular complexity index is 1720. The van der Waals surface area contributed by atoms with E-state index in [0.29, 0.717) is 29.8 Å². The van der Waals surface area contributed by atoms with Gasteiger partial charge in [0.15, 0.2) is 11.5 Å². The molecule has 0 aliphatic rings. The van der Waals surface area contributed by atoms with Gasteiger partial charge in [0.2, 0.25) is 5.13 Å². The summed E-state index contributed by atoms with van der Waals surface area (Å²) in [5, 5.41) is 16.2. The van der Waals surface area contributed by atoms with Crippen LogP contribution in [0.5, 0.6) is 11.5 Å². The van der Waals surface area contributed by atoms with Crippen LogP contribution in [-0.2, 0) is 6.61 Å². The molecule has 0 unspecified atom stereocenters. The number of nitrogens with one attached hydrogen (secondary N) is 1. The lowest BCUT2D eigenvalue weighted by atomic mass is 10.0. The number of nitro benzene ring substituents is 1. The van der Waals surface area contributed by atoms with Crippen LogP contribution in [-0.4, -0.2) is 22.7 Å². The zero-order valence-electron chi connectivity index (χ0n) is 23.5. The van der Waals surface area contributed by atoms with Crippen LogP contribution in [0.2, 0.25) is 0 Å². The summed E-state index contributed by atoms with van der Waals surface area (Å²) >= 11 is 1.44. The highest BCUT2D eigenvalue weighted by Gasteiger charge is 2.18. The van der Waals surface area contributed by atoms with Crippen molar-refractivity contribution in [2.45, 2.75) is 27.4 Å². The van der Waals surface area contributed by atoms with Crippen LogP contribution >= 0.6 is 11.3 Å². The summed E-state index contributed by atoms with van der Waals surface area (Å²) in [7, 11) is 0. The third kappa shape index (κ3) is 6.82. The Balaban J connectivity index is 1.38. The zero-order chi connectivity index (χ0) is 29.5. The highest BCUT2D eigenvalue weighted by Crippen LogP contribution is 2.40. The Morgan fingerprint density at radius 3 is 2.45 bits per heavy atom. The molecule has 5 aromatic rings. The number of hydrogen-bond donors (Lipinski definition) is 1. The SMILES string of the molecule is CCOc1cc(/C=N\Nc2nc(-c3ccc(C)cc3C)c(-c3ccc([N+](=O)[O-])cc3)s2)ccc1OCc1ccccc1. The highest BCUT2D eigenvalue weighted by molar-refractivity contribution is 7.19. The molecule has 9 heteroatoms. The van der Waals surface area contributed by atoms with E-state index in [2.05, 4.69) is 42.6 Å². The molecule has 0 aliphatic heterocycles. The number of nitro groups is 1. The van der Waals surface area contributed by atoms with Gasteiger partial charge in [-0.2, -0.15) is 5.10 Å². The molecule has 0 aliphatic carbocycles. The standard InChI is InChI=1S/C33H30N4O4S/c1-4-40-30-19-25(11-17-29(30)41-21-24-8-6-5-7-9-24)20-34-36-33-35-31(28-16-10-22(2)18-23(28)3)32(42-33)26-12-14-27(15-13-26)37(38)39/h5-20H,4,21H2,1-3H3,(H,35,36)/b34-20-. The Labute approximate surface area is 248 Å². The van der Waals surface area contributed by atoms with E-state index in [1.54, 1.807) is 18.3 Å². The molecule has 0 saturated heterocycles. The van der Waals surface area contributed by atoms with Gasteiger partial charge >= 0.3 is 0 Å². The van der Waals surface area contributed by atoms with E-state index in [-0.39, 0.29) is 5.69 Å². The minimum Gasteiger partial charge on any atom is -0.490 e. The van der Waals surface area contributed by atoms with Gasteiger partial charge in [0.25, 0.3) is 5.69 Å². The van der Waals surface area contributed by atoms with Crippen molar-refractivity contribution in [3.05, 3.63) is 123 Å². The maximum Gasteiger partial charge on any atom is 0.269 e. The maximum atomic E-state index is 11.2. The molecule has 0 radical (unpaired) electrons. The van der Waals surface area contributed by atoms with E-state index in [9.17, 15) is 10.1 Å². The van der Waals surface area contributed by atoms with Crippen molar-refractivity contribution < 1.29 is 14.4 Å². The predicted octanol–water partition coefficient (Wildman–Crippen LogP) is 8.43. The minimum absolute atomic E-state index is 0.0437. The zero-order valence-corrected chi connectivity index (χ0v) is 24.4. The van der Waals surface area contributed by atoms with Crippen molar-refractivity contribution in [2.75, 3.05) is 12.0 Å². The van der Waals surface area contributed by atoms with E-state index >= 15 is 0 Å². The second-order valence-corrected chi connectivity index (χ2v) is 10.6. The molecule has 5 rings (SSSR count). The number of non-ortho nitro benzene ring substituents is 1. The van der Waals surface area contributed by atoms with Gasteiger partial charge in [-0.3, -0.25) is 15.5 Å². The molecule has 0 atom stereocenters. The summed E-state index contributed by atoms with van der Waals surface area (Å²) in [4.78, 5) is 16.5. The van der Waals surface area contributed by atoms with Crippen LogP contribution in [0.3, 0.4) is 0 Å². The van der Waals surface area contributed by atoms with Crippen molar-refractivity contribution in [2.24, 2.45) is 5.10 Å². The highest BCUT2D eigenvalue weighted by atomic mass is 32.1. The topological polar surface area (TPSA) is 98.9 Å². The Hall–Kier alpha value is -5.02. The quantitative estimate of drug-likeness (QED) is 0.0959. The first-order valence-corrected chi connectivity index (χ1v) is 14.3. The van der Waals surface area contributed by atoms with Crippen molar-refractivity contribution in [1.29, 1.82) is 0 Å². The molecule has 1 aromatic heterocycles. The average molecular weight is 579 g/mol. The molecule has 0 fully saturated rings. The number of benzene rings is 4. The molecule has 8 nitrogen and oxygen atoms in total. The fourth-order valence-electron chi connectivity index (χ4n) is 4.45. The number of thiazole rings is 1. The molecule has 0 saturated carbocycles. The van der Waals surface area contributed by atoms with Gasteiger partial charge in [-0.15, -0.1) is 0 Å². The number of aryl methyl sites for hydroxylation is 2. The van der Waals surface area contributed by atoms with Crippen molar-refractivity contribution in [3.8, 4) is 33.2 Å². The van der Waals surface area contributed by atoms with E-state index in [0.717, 1.165) is 44.0 Å². The summed E-state index contributed by atoms with van der Waals surface area (Å²) in [5.41, 5.74) is 9.90. The Morgan fingerprint density at radius 1 is 0.952 bits per heavy atom. The van der Waals surface area contributed by atoms with Gasteiger partial charge in [0.05, 0.1) is 28.3 Å². The van der Waals surface area contributed by atoms with Crippen molar-refractivity contribution in [3.63, 3.8) is 0 Å². The Morgan fingerprint density at radius 2 is 1.74 bits per heavy atom. The van der Waals surface area contributed by atoms with Gasteiger partial charge in [0, 0.05) is 17.7 Å². The first-order chi connectivity index (χ1) is 20.4. The minimum atomic E-state index is -0.401. The molecule has 1 heterocycles. The smallest absolute Gasteiger partial charge is 0.269 e. The fourth-order valence-corrected chi connectivity index (χ4v) is 5.38. The third-order valence-electron chi connectivity index (χ3n) is 6.48. The lowest BCUT2D eigenvalue weighted by molar-refractivity contribution is -0.384. The van der Waals surface area contributed by atoms with E-state index in [1.165, 1.54) is 23.5 Å². The summed E-state index contributed by atoms with van der Waals surface area (Å²) in [6, 6.07) is 28.4. The summed E-state index contributed by atoms with van der Waals surface area (Å²) in [5.74, 6) is 1.31. The van der Waals surface area contributed by atoms with E-state index in [4.69, 9.17) is 14.5 Å². The lowest BCUT2D eigenvalue weighted by Crippen LogP contribution is -2.00. The van der Waals surface area contributed by atoms with Gasteiger partial charge in [-0.25, -0.2) is 4.98 Å². The summed E-state index contributed by atoms with van der Waals surface area (Å²) in [6.07, 6.45) is 1.70. The molecule has 0 amide bonds. The molecule has 1 N–H and O–H groups in total. The van der Waals surface area contributed by atoms with Crippen LogP contribution in [0.1, 0.15) is 29.2 Å². The van der Waals surface area contributed by atoms with Crippen molar-refractivity contribution >= 4 is 28.4 Å². The second-order valence-electron chi connectivity index (χ2n) is 9.60.